The topological polar surface area (TPSA) is 32.8 Å². The average Bonchev–Trinajstić information content (AvgIpc) is 2.15. The summed E-state index contributed by atoms with van der Waals surface area (Å²) in [6.07, 6.45) is 2.21. The quantitative estimate of drug-likeness (QED) is 0.661. The molecule has 0 aromatic rings. The Balaban J connectivity index is 1.79. The fraction of sp³-hybridized carbons (Fsp3) is 0.909. The highest BCUT2D eigenvalue weighted by molar-refractivity contribution is 5.73. The first-order valence-electron chi connectivity index (χ1n) is 5.73. The van der Waals surface area contributed by atoms with E-state index in [1.807, 2.05) is 4.90 Å². The third-order valence-electron chi connectivity index (χ3n) is 3.68. The Labute approximate surface area is 91.2 Å². The third-order valence-corrected chi connectivity index (χ3v) is 3.68. The van der Waals surface area contributed by atoms with E-state index in [1.165, 1.54) is 0 Å². The molecule has 0 aromatic carbocycles. The monoisotopic (exact) mass is 212 g/mol. The molecule has 0 spiro atoms. The van der Waals surface area contributed by atoms with Crippen molar-refractivity contribution in [1.29, 1.82) is 0 Å². The zero-order valence-corrected chi connectivity index (χ0v) is 9.61. The normalized spacial score (nSPS) is 24.3. The van der Waals surface area contributed by atoms with Crippen LogP contribution in [0.15, 0.2) is 0 Å². The van der Waals surface area contributed by atoms with Gasteiger partial charge in [-0.1, -0.05) is 0 Å². The minimum Gasteiger partial charge on any atom is -0.378 e. The zero-order chi connectivity index (χ0) is 10.8. The molecule has 0 aromatic heterocycles. The molecular formula is C11H20N2O2. The summed E-state index contributed by atoms with van der Waals surface area (Å²) < 4.78 is 5.20. The first-order chi connectivity index (χ1) is 7.18. The number of nitrogens with zero attached hydrogens (tertiary/aromatic N) is 2. The Kier molecular flexibility index (Phi) is 3.26. The van der Waals surface area contributed by atoms with Gasteiger partial charge >= 0.3 is 0 Å². The maximum absolute atomic E-state index is 11.2. The molecule has 2 fully saturated rings. The largest absolute Gasteiger partial charge is 0.378 e. The molecule has 0 N–H and O–H groups in total. The van der Waals surface area contributed by atoms with E-state index in [0.29, 0.717) is 12.1 Å². The Bertz CT molecular complexity index is 233. The summed E-state index contributed by atoms with van der Waals surface area (Å²) in [4.78, 5) is 15.5. The Morgan fingerprint density at radius 2 is 1.87 bits per heavy atom. The van der Waals surface area contributed by atoms with Crippen LogP contribution in [0.4, 0.5) is 0 Å². The summed E-state index contributed by atoms with van der Waals surface area (Å²) in [6.45, 7) is 5.24. The van der Waals surface area contributed by atoms with E-state index >= 15 is 0 Å². The van der Waals surface area contributed by atoms with Crippen molar-refractivity contribution < 1.29 is 9.53 Å². The molecule has 0 unspecified atom stereocenters. The molecule has 4 nitrogen and oxygen atoms in total. The molecule has 2 saturated heterocycles. The van der Waals surface area contributed by atoms with E-state index in [1.54, 1.807) is 6.92 Å². The molecule has 0 saturated carbocycles. The lowest BCUT2D eigenvalue weighted by atomic mass is 10.0. The van der Waals surface area contributed by atoms with E-state index in [9.17, 15) is 4.79 Å². The number of amides is 1. The number of carbonyl (C=O) groups is 1. The highest BCUT2D eigenvalue weighted by Crippen LogP contribution is 2.20. The summed E-state index contributed by atoms with van der Waals surface area (Å²) in [7, 11) is 2.18. The number of hydrogen-bond donors (Lipinski definition) is 0. The SMILES string of the molecule is CC(=O)N1CCC(N(C)C2COC2)CC1. The van der Waals surface area contributed by atoms with Crippen molar-refractivity contribution in [1.82, 2.24) is 9.80 Å². The number of likely N-dealkylation sites (N-methyl/N-ethyl adjacent to an activating group) is 1. The highest BCUT2D eigenvalue weighted by atomic mass is 16.5. The fourth-order valence-corrected chi connectivity index (χ4v) is 2.34. The summed E-state index contributed by atoms with van der Waals surface area (Å²) >= 11 is 0. The van der Waals surface area contributed by atoms with Crippen LogP contribution in [0.25, 0.3) is 0 Å². The van der Waals surface area contributed by atoms with Gasteiger partial charge < -0.3 is 9.64 Å². The van der Waals surface area contributed by atoms with Crippen LogP contribution < -0.4 is 0 Å². The zero-order valence-electron chi connectivity index (χ0n) is 9.61. The number of likely N-dealkylation sites (tertiary alicyclic amines) is 1. The van der Waals surface area contributed by atoms with Crippen molar-refractivity contribution in [2.24, 2.45) is 0 Å². The lowest BCUT2D eigenvalue weighted by molar-refractivity contribution is -0.131. The smallest absolute Gasteiger partial charge is 0.219 e. The van der Waals surface area contributed by atoms with Crippen LogP contribution in [0.2, 0.25) is 0 Å². The van der Waals surface area contributed by atoms with Gasteiger partial charge in [-0.15, -0.1) is 0 Å². The number of ether oxygens (including phenoxy) is 1. The summed E-state index contributed by atoms with van der Waals surface area (Å²) in [6, 6.07) is 1.24. The maximum atomic E-state index is 11.2. The number of piperidine rings is 1. The predicted molar refractivity (Wildman–Crippen MR) is 57.6 cm³/mol. The van der Waals surface area contributed by atoms with Crippen LogP contribution in [-0.4, -0.2) is 61.1 Å². The van der Waals surface area contributed by atoms with Crippen LogP contribution in [0.1, 0.15) is 19.8 Å². The van der Waals surface area contributed by atoms with Crippen molar-refractivity contribution in [3.63, 3.8) is 0 Å². The van der Waals surface area contributed by atoms with Crippen molar-refractivity contribution in [3.8, 4) is 0 Å². The second-order valence-corrected chi connectivity index (χ2v) is 4.59. The molecule has 2 rings (SSSR count). The third kappa shape index (κ3) is 2.32. The number of hydrogen-bond acceptors (Lipinski definition) is 3. The summed E-state index contributed by atoms with van der Waals surface area (Å²) in [5.74, 6) is 0.211. The molecule has 0 atom stereocenters. The lowest BCUT2D eigenvalue weighted by Crippen LogP contribution is -2.54. The second-order valence-electron chi connectivity index (χ2n) is 4.59. The van der Waals surface area contributed by atoms with Crippen LogP contribution in [0, 0.1) is 0 Å². The van der Waals surface area contributed by atoms with Crippen molar-refractivity contribution in [2.75, 3.05) is 33.4 Å². The molecule has 2 heterocycles. The van der Waals surface area contributed by atoms with E-state index in [4.69, 9.17) is 4.74 Å². The van der Waals surface area contributed by atoms with E-state index in [-0.39, 0.29) is 5.91 Å². The predicted octanol–water partition coefficient (Wildman–Crippen LogP) is 0.328. The minimum absolute atomic E-state index is 0.211. The molecule has 4 heteroatoms. The maximum Gasteiger partial charge on any atom is 0.219 e. The van der Waals surface area contributed by atoms with Gasteiger partial charge in [0.25, 0.3) is 0 Å². The van der Waals surface area contributed by atoms with Gasteiger partial charge in [-0.2, -0.15) is 0 Å². The molecule has 0 aliphatic carbocycles. The van der Waals surface area contributed by atoms with Gasteiger partial charge in [-0.3, -0.25) is 9.69 Å². The van der Waals surface area contributed by atoms with E-state index in [2.05, 4.69) is 11.9 Å². The van der Waals surface area contributed by atoms with Crippen LogP contribution in [0.3, 0.4) is 0 Å². The van der Waals surface area contributed by atoms with Crippen LogP contribution in [0.5, 0.6) is 0 Å². The van der Waals surface area contributed by atoms with Gasteiger partial charge in [0.1, 0.15) is 0 Å². The van der Waals surface area contributed by atoms with Gasteiger partial charge in [0.2, 0.25) is 5.91 Å². The highest BCUT2D eigenvalue weighted by Gasteiger charge is 2.31. The number of rotatable bonds is 2. The van der Waals surface area contributed by atoms with Gasteiger partial charge in [0.15, 0.2) is 0 Å². The molecular weight excluding hydrogens is 192 g/mol. The molecule has 86 valence electrons. The standard InChI is InChI=1S/C11H20N2O2/c1-9(14)13-5-3-10(4-6-13)12(2)11-7-15-8-11/h10-11H,3-8H2,1-2H3. The summed E-state index contributed by atoms with van der Waals surface area (Å²) in [5.41, 5.74) is 0. The lowest BCUT2D eigenvalue weighted by Gasteiger charge is -2.43. The van der Waals surface area contributed by atoms with Crippen LogP contribution in [-0.2, 0) is 9.53 Å². The molecule has 0 bridgehead atoms. The Morgan fingerprint density at radius 3 is 2.27 bits per heavy atom. The van der Waals surface area contributed by atoms with Gasteiger partial charge in [0, 0.05) is 26.1 Å². The molecule has 1 amide bonds. The summed E-state index contributed by atoms with van der Waals surface area (Å²) in [5, 5.41) is 0. The van der Waals surface area contributed by atoms with E-state index in [0.717, 1.165) is 39.1 Å². The average molecular weight is 212 g/mol. The number of carbonyl (C=O) groups excluding carboxylic acids is 1. The Morgan fingerprint density at radius 1 is 1.27 bits per heavy atom. The Hall–Kier alpha value is -0.610. The van der Waals surface area contributed by atoms with Gasteiger partial charge in [-0.05, 0) is 19.9 Å². The van der Waals surface area contributed by atoms with Crippen molar-refractivity contribution in [3.05, 3.63) is 0 Å². The first kappa shape index (κ1) is 10.9. The van der Waals surface area contributed by atoms with Crippen molar-refractivity contribution >= 4 is 5.91 Å². The van der Waals surface area contributed by atoms with E-state index < -0.39 is 0 Å². The van der Waals surface area contributed by atoms with Gasteiger partial charge in [-0.25, -0.2) is 0 Å². The molecule has 2 aliphatic heterocycles. The minimum atomic E-state index is 0.211. The van der Waals surface area contributed by atoms with Crippen molar-refractivity contribution in [2.45, 2.75) is 31.8 Å². The second kappa shape index (κ2) is 4.49. The van der Waals surface area contributed by atoms with Gasteiger partial charge in [0.05, 0.1) is 19.3 Å². The first-order valence-corrected chi connectivity index (χ1v) is 5.73. The fourth-order valence-electron chi connectivity index (χ4n) is 2.34. The molecule has 15 heavy (non-hydrogen) atoms. The molecule has 2 aliphatic rings. The molecule has 0 radical (unpaired) electrons. The van der Waals surface area contributed by atoms with Crippen LogP contribution >= 0.6 is 0 Å².